The first kappa shape index (κ1) is 25.3. The van der Waals surface area contributed by atoms with Crippen LogP contribution in [0.2, 0.25) is 0 Å². The summed E-state index contributed by atoms with van der Waals surface area (Å²) in [4.78, 5) is 24.9. The van der Waals surface area contributed by atoms with Crippen molar-refractivity contribution in [1.29, 1.82) is 0 Å². The summed E-state index contributed by atoms with van der Waals surface area (Å²) >= 11 is 1.40. The second kappa shape index (κ2) is 11.0. The lowest BCUT2D eigenvalue weighted by Crippen LogP contribution is -2.19. The van der Waals surface area contributed by atoms with Crippen molar-refractivity contribution in [2.45, 2.75) is 0 Å². The van der Waals surface area contributed by atoms with Crippen molar-refractivity contribution < 1.29 is 9.53 Å². The minimum atomic E-state index is -0.204. The molecular weight excluding hydrogens is 526 g/mol. The van der Waals surface area contributed by atoms with Crippen LogP contribution in [-0.2, 0) is 0 Å². The van der Waals surface area contributed by atoms with Gasteiger partial charge in [0.25, 0.3) is 5.91 Å². The average Bonchev–Trinajstić information content (AvgIpc) is 3.60. The highest BCUT2D eigenvalue weighted by molar-refractivity contribution is 7.21. The van der Waals surface area contributed by atoms with Gasteiger partial charge < -0.3 is 20.3 Å². The molecule has 3 N–H and O–H groups in total. The van der Waals surface area contributed by atoms with E-state index in [0.29, 0.717) is 34.7 Å². The van der Waals surface area contributed by atoms with E-state index in [-0.39, 0.29) is 5.91 Å². The molecule has 0 aliphatic carbocycles. The maximum Gasteiger partial charge on any atom is 0.265 e. The van der Waals surface area contributed by atoms with Crippen LogP contribution in [0, 0.1) is 0 Å². The Labute approximate surface area is 233 Å². The number of anilines is 3. The Morgan fingerprint density at radius 1 is 0.975 bits per heavy atom. The van der Waals surface area contributed by atoms with Crippen LogP contribution < -0.4 is 15.4 Å². The monoisotopic (exact) mass is 551 g/mol. The fraction of sp³-hybridized carbons (Fsp3) is 0.143. The first-order chi connectivity index (χ1) is 19.5. The molecule has 6 rings (SSSR count). The first-order valence-corrected chi connectivity index (χ1v) is 13.3. The normalized spacial score (nSPS) is 11.3. The third kappa shape index (κ3) is 5.72. The van der Waals surface area contributed by atoms with Gasteiger partial charge in [-0.2, -0.15) is 20.3 Å². The van der Waals surface area contributed by atoms with Crippen molar-refractivity contribution in [3.05, 3.63) is 78.1 Å². The fourth-order valence-corrected chi connectivity index (χ4v) is 5.03. The smallest absolute Gasteiger partial charge is 0.265 e. The van der Waals surface area contributed by atoms with E-state index in [4.69, 9.17) is 14.7 Å². The molecule has 0 bridgehead atoms. The highest BCUT2D eigenvalue weighted by Crippen LogP contribution is 2.32. The van der Waals surface area contributed by atoms with Crippen LogP contribution in [0.25, 0.3) is 32.4 Å². The molecule has 2 aromatic carbocycles. The van der Waals surface area contributed by atoms with Crippen molar-refractivity contribution in [1.82, 2.24) is 35.3 Å². The van der Waals surface area contributed by atoms with E-state index in [1.807, 2.05) is 61.5 Å². The summed E-state index contributed by atoms with van der Waals surface area (Å²) < 4.78 is 6.93. The largest absolute Gasteiger partial charge is 0.476 e. The summed E-state index contributed by atoms with van der Waals surface area (Å²) in [6, 6.07) is 17.2. The maximum absolute atomic E-state index is 12.8. The average molecular weight is 552 g/mol. The molecular formula is C28H25N9O2S. The van der Waals surface area contributed by atoms with Gasteiger partial charge in [-0.25, -0.2) is 4.98 Å². The number of aromatic amines is 1. The predicted octanol–water partition coefficient (Wildman–Crippen LogP) is 4.96. The number of aromatic nitrogens is 6. The molecule has 40 heavy (non-hydrogen) atoms. The molecule has 0 aliphatic heterocycles. The summed E-state index contributed by atoms with van der Waals surface area (Å²) in [5.74, 6) is 1.38. The number of carbonyl (C=O) groups is 1. The Morgan fingerprint density at radius 3 is 2.75 bits per heavy atom. The molecule has 0 saturated heterocycles. The topological polar surface area (TPSA) is 134 Å². The van der Waals surface area contributed by atoms with Crippen LogP contribution in [0.3, 0.4) is 0 Å². The van der Waals surface area contributed by atoms with Gasteiger partial charge in [-0.1, -0.05) is 12.1 Å². The number of fused-ring (bicyclic) bond motifs is 2. The van der Waals surface area contributed by atoms with E-state index >= 15 is 0 Å². The summed E-state index contributed by atoms with van der Waals surface area (Å²) in [5, 5.41) is 22.8. The minimum absolute atomic E-state index is 0.204. The molecule has 0 saturated carbocycles. The SMILES string of the molecule is CN(C)CCOc1cc(Nc2ccc3[nH]ncc3c2)nc(-c2ccc3cc(C(=O)Nc4ccnnc4)sc3c2)n1. The zero-order valence-electron chi connectivity index (χ0n) is 21.8. The van der Waals surface area contributed by atoms with Crippen LogP contribution in [-0.4, -0.2) is 68.4 Å². The third-order valence-electron chi connectivity index (χ3n) is 6.05. The van der Waals surface area contributed by atoms with Gasteiger partial charge >= 0.3 is 0 Å². The number of carbonyl (C=O) groups excluding carboxylic acids is 1. The molecule has 0 spiro atoms. The molecule has 1 amide bonds. The number of nitrogens with one attached hydrogen (secondary N) is 3. The van der Waals surface area contributed by atoms with Gasteiger partial charge in [-0.3, -0.25) is 9.89 Å². The fourth-order valence-electron chi connectivity index (χ4n) is 4.03. The minimum Gasteiger partial charge on any atom is -0.476 e. The Morgan fingerprint density at radius 2 is 1.90 bits per heavy atom. The Bertz CT molecular complexity index is 1800. The van der Waals surface area contributed by atoms with Gasteiger partial charge in [0.1, 0.15) is 12.4 Å². The van der Waals surface area contributed by atoms with Gasteiger partial charge in [0.15, 0.2) is 5.82 Å². The molecule has 0 fully saturated rings. The number of hydrogen-bond donors (Lipinski definition) is 3. The molecule has 0 aliphatic rings. The summed E-state index contributed by atoms with van der Waals surface area (Å²) in [6.07, 6.45) is 4.82. The van der Waals surface area contributed by atoms with Gasteiger partial charge in [0, 0.05) is 33.9 Å². The lowest BCUT2D eigenvalue weighted by Gasteiger charge is -2.13. The van der Waals surface area contributed by atoms with E-state index in [0.717, 1.165) is 38.8 Å². The van der Waals surface area contributed by atoms with Gasteiger partial charge in [-0.15, -0.1) is 11.3 Å². The second-order valence-corrected chi connectivity index (χ2v) is 10.4. The predicted molar refractivity (Wildman–Crippen MR) is 156 cm³/mol. The van der Waals surface area contributed by atoms with Crippen LogP contribution in [0.15, 0.2) is 73.2 Å². The van der Waals surface area contributed by atoms with Crippen LogP contribution in [0.1, 0.15) is 9.67 Å². The van der Waals surface area contributed by atoms with Gasteiger partial charge in [0.2, 0.25) is 5.88 Å². The van der Waals surface area contributed by atoms with E-state index in [1.54, 1.807) is 18.3 Å². The second-order valence-electron chi connectivity index (χ2n) is 9.31. The number of rotatable bonds is 9. The molecule has 11 nitrogen and oxygen atoms in total. The van der Waals surface area contributed by atoms with E-state index < -0.39 is 0 Å². The van der Waals surface area contributed by atoms with Crippen LogP contribution >= 0.6 is 11.3 Å². The summed E-state index contributed by atoms with van der Waals surface area (Å²) in [6.45, 7) is 1.24. The van der Waals surface area contributed by atoms with Crippen molar-refractivity contribution in [2.24, 2.45) is 0 Å². The molecule has 0 atom stereocenters. The van der Waals surface area contributed by atoms with Crippen LogP contribution in [0.4, 0.5) is 17.2 Å². The number of likely N-dealkylation sites (N-methyl/N-ethyl adjacent to an activating group) is 1. The molecule has 6 aromatic rings. The number of benzene rings is 2. The Balaban J connectivity index is 1.30. The van der Waals surface area contributed by atoms with E-state index in [9.17, 15) is 4.79 Å². The Hall–Kier alpha value is -4.94. The number of nitrogens with zero attached hydrogens (tertiary/aromatic N) is 6. The van der Waals surface area contributed by atoms with Crippen molar-refractivity contribution in [3.63, 3.8) is 0 Å². The molecule has 4 heterocycles. The molecule has 0 unspecified atom stereocenters. The number of amides is 1. The standard InChI is InChI=1S/C28H25N9O2S/c1-37(2)9-10-39-26-14-25(32-20-5-6-22-19(11-20)15-31-36-22)34-27(35-26)18-4-3-17-12-24(40-23(17)13-18)28(38)33-21-7-8-29-30-16-21/h3-8,11-16H,9-10H2,1-2H3,(H,31,36)(H,29,33,38)(H,32,34,35). The number of H-pyrrole nitrogens is 1. The van der Waals surface area contributed by atoms with E-state index in [2.05, 4.69) is 31.0 Å². The number of thiophene rings is 1. The van der Waals surface area contributed by atoms with Gasteiger partial charge in [0.05, 0.1) is 34.7 Å². The van der Waals surface area contributed by atoms with Crippen molar-refractivity contribution in [3.8, 4) is 17.3 Å². The molecule has 12 heteroatoms. The highest BCUT2D eigenvalue weighted by Gasteiger charge is 2.14. The zero-order valence-corrected chi connectivity index (χ0v) is 22.6. The van der Waals surface area contributed by atoms with Gasteiger partial charge in [-0.05, 0) is 55.9 Å². The quantitative estimate of drug-likeness (QED) is 0.228. The van der Waals surface area contributed by atoms with Crippen LogP contribution in [0.5, 0.6) is 5.88 Å². The highest BCUT2D eigenvalue weighted by atomic mass is 32.1. The van der Waals surface area contributed by atoms with Crippen molar-refractivity contribution >= 4 is 55.4 Å². The number of ether oxygens (including phenoxy) is 1. The molecule has 4 aromatic heterocycles. The molecule has 0 radical (unpaired) electrons. The lowest BCUT2D eigenvalue weighted by molar-refractivity contribution is 0.103. The number of hydrogen-bond acceptors (Lipinski definition) is 10. The third-order valence-corrected chi connectivity index (χ3v) is 7.14. The Kier molecular flexibility index (Phi) is 7.00. The lowest BCUT2D eigenvalue weighted by atomic mass is 10.1. The van der Waals surface area contributed by atoms with E-state index in [1.165, 1.54) is 23.7 Å². The maximum atomic E-state index is 12.8. The summed E-state index contributed by atoms with van der Waals surface area (Å²) in [7, 11) is 3.99. The molecule has 200 valence electrons. The zero-order chi connectivity index (χ0) is 27.5. The first-order valence-electron chi connectivity index (χ1n) is 12.5. The van der Waals surface area contributed by atoms with Crippen molar-refractivity contribution in [2.75, 3.05) is 37.9 Å². The summed E-state index contributed by atoms with van der Waals surface area (Å²) in [5.41, 5.74) is 3.22.